The van der Waals surface area contributed by atoms with Crippen molar-refractivity contribution in [3.05, 3.63) is 5.28 Å². The van der Waals surface area contributed by atoms with Crippen molar-refractivity contribution < 1.29 is 0 Å². The van der Waals surface area contributed by atoms with Crippen LogP contribution in [0.1, 0.15) is 25.7 Å². The predicted octanol–water partition coefficient (Wildman–Crippen LogP) is 2.68. The highest BCUT2D eigenvalue weighted by molar-refractivity contribution is 7.98. The number of thioether (sulfide) groups is 1. The van der Waals surface area contributed by atoms with E-state index in [2.05, 4.69) is 31.4 Å². The van der Waals surface area contributed by atoms with E-state index in [-0.39, 0.29) is 5.28 Å². The zero-order valence-corrected chi connectivity index (χ0v) is 12.8. The molecule has 1 saturated heterocycles. The van der Waals surface area contributed by atoms with Gasteiger partial charge in [0.05, 0.1) is 0 Å². The van der Waals surface area contributed by atoms with Crippen LogP contribution in [0.15, 0.2) is 0 Å². The van der Waals surface area contributed by atoms with Gasteiger partial charge in [0.1, 0.15) is 0 Å². The van der Waals surface area contributed by atoms with Gasteiger partial charge in [-0.25, -0.2) is 0 Å². The van der Waals surface area contributed by atoms with Crippen molar-refractivity contribution in [2.45, 2.75) is 25.7 Å². The summed E-state index contributed by atoms with van der Waals surface area (Å²) in [6.45, 7) is 2.89. The highest BCUT2D eigenvalue weighted by Crippen LogP contribution is 2.18. The maximum absolute atomic E-state index is 5.96. The van der Waals surface area contributed by atoms with Crippen LogP contribution in [0.4, 0.5) is 11.9 Å². The van der Waals surface area contributed by atoms with E-state index in [0.29, 0.717) is 11.9 Å². The van der Waals surface area contributed by atoms with Crippen LogP contribution < -0.4 is 10.2 Å². The molecule has 0 spiro atoms. The second kappa shape index (κ2) is 7.75. The number of unbranched alkanes of at least 4 members (excludes halogenated alkanes) is 1. The maximum atomic E-state index is 5.96. The van der Waals surface area contributed by atoms with Gasteiger partial charge in [0.2, 0.25) is 17.2 Å². The fraction of sp³-hybridized carbons (Fsp3) is 0.750. The van der Waals surface area contributed by atoms with Crippen molar-refractivity contribution in [3.63, 3.8) is 0 Å². The van der Waals surface area contributed by atoms with E-state index in [9.17, 15) is 0 Å². The maximum Gasteiger partial charge on any atom is 0.231 e. The third-order valence-corrected chi connectivity index (χ3v) is 3.91. The number of nitrogens with zero attached hydrogens (tertiary/aromatic N) is 4. The Labute approximate surface area is 123 Å². The summed E-state index contributed by atoms with van der Waals surface area (Å²) in [5.41, 5.74) is 0. The van der Waals surface area contributed by atoms with Gasteiger partial charge in [-0.2, -0.15) is 26.7 Å². The quantitative estimate of drug-likeness (QED) is 0.782. The molecule has 0 saturated carbocycles. The molecule has 1 N–H and O–H groups in total. The number of rotatable bonds is 7. The monoisotopic (exact) mass is 301 g/mol. The van der Waals surface area contributed by atoms with Crippen LogP contribution in [0.3, 0.4) is 0 Å². The Kier molecular flexibility index (Phi) is 5.97. The molecule has 106 valence electrons. The number of nitrogens with one attached hydrogen (secondary N) is 1. The fourth-order valence-corrected chi connectivity index (χ4v) is 2.70. The van der Waals surface area contributed by atoms with Crippen molar-refractivity contribution in [1.82, 2.24) is 15.0 Å². The van der Waals surface area contributed by atoms with Crippen molar-refractivity contribution in [1.29, 1.82) is 0 Å². The van der Waals surface area contributed by atoms with E-state index in [1.807, 2.05) is 11.8 Å². The van der Waals surface area contributed by atoms with Crippen molar-refractivity contribution in [2.24, 2.45) is 0 Å². The minimum absolute atomic E-state index is 0.267. The number of hydrogen-bond donors (Lipinski definition) is 1. The van der Waals surface area contributed by atoms with E-state index in [0.717, 1.165) is 26.1 Å². The molecule has 0 amide bonds. The summed E-state index contributed by atoms with van der Waals surface area (Å²) in [6.07, 6.45) is 6.83. The molecule has 5 nitrogen and oxygen atoms in total. The molecule has 0 aromatic carbocycles. The first-order valence-corrected chi connectivity index (χ1v) is 8.46. The lowest BCUT2D eigenvalue weighted by Crippen LogP contribution is -2.21. The van der Waals surface area contributed by atoms with Crippen LogP contribution in [0.2, 0.25) is 5.28 Å². The summed E-state index contributed by atoms with van der Waals surface area (Å²) in [7, 11) is 0. The van der Waals surface area contributed by atoms with Gasteiger partial charge in [-0.15, -0.1) is 0 Å². The summed E-state index contributed by atoms with van der Waals surface area (Å²) in [6, 6.07) is 0. The Bertz CT molecular complexity index is 398. The molecule has 1 aromatic heterocycles. The molecule has 1 aliphatic heterocycles. The lowest BCUT2D eigenvalue weighted by atomic mass is 10.3. The number of halogens is 1. The highest BCUT2D eigenvalue weighted by atomic mass is 35.5. The molecule has 19 heavy (non-hydrogen) atoms. The van der Waals surface area contributed by atoms with Gasteiger partial charge < -0.3 is 10.2 Å². The minimum atomic E-state index is 0.267. The topological polar surface area (TPSA) is 53.9 Å². The number of anilines is 2. The molecule has 1 aromatic rings. The Balaban J connectivity index is 1.89. The number of hydrogen-bond acceptors (Lipinski definition) is 6. The average molecular weight is 302 g/mol. The molecular formula is C12H20ClN5S. The van der Waals surface area contributed by atoms with Crippen LogP contribution in [-0.2, 0) is 0 Å². The van der Waals surface area contributed by atoms with E-state index >= 15 is 0 Å². The second-order valence-corrected chi connectivity index (χ2v) is 5.87. The average Bonchev–Trinajstić information content (AvgIpc) is 2.92. The normalized spacial score (nSPS) is 14.9. The van der Waals surface area contributed by atoms with Crippen LogP contribution in [0, 0.1) is 0 Å². The van der Waals surface area contributed by atoms with Gasteiger partial charge in [-0.3, -0.25) is 0 Å². The summed E-state index contributed by atoms with van der Waals surface area (Å²) in [5.74, 6) is 2.48. The lowest BCUT2D eigenvalue weighted by molar-refractivity contribution is 0.825. The van der Waals surface area contributed by atoms with Crippen LogP contribution >= 0.6 is 23.4 Å². The standard InChI is InChI=1S/C12H20ClN5S/c1-19-9-5-2-6-14-11-15-10(13)16-12(17-11)18-7-3-4-8-18/h2-9H2,1H3,(H,14,15,16,17). The van der Waals surface area contributed by atoms with E-state index < -0.39 is 0 Å². The molecular weight excluding hydrogens is 282 g/mol. The molecule has 0 bridgehead atoms. The first-order valence-electron chi connectivity index (χ1n) is 6.69. The first-order chi connectivity index (χ1) is 9.29. The molecule has 0 aliphatic carbocycles. The largest absolute Gasteiger partial charge is 0.354 e. The Hall–Kier alpha value is -0.750. The van der Waals surface area contributed by atoms with Crippen LogP contribution in [0.5, 0.6) is 0 Å². The van der Waals surface area contributed by atoms with Gasteiger partial charge in [-0.1, -0.05) is 0 Å². The minimum Gasteiger partial charge on any atom is -0.354 e. The Morgan fingerprint density at radius 3 is 2.74 bits per heavy atom. The van der Waals surface area contributed by atoms with E-state index in [1.54, 1.807) is 0 Å². The molecule has 2 rings (SSSR count). The van der Waals surface area contributed by atoms with Crippen molar-refractivity contribution in [3.8, 4) is 0 Å². The lowest BCUT2D eigenvalue weighted by Gasteiger charge is -2.15. The first kappa shape index (κ1) is 14.7. The third kappa shape index (κ3) is 4.69. The smallest absolute Gasteiger partial charge is 0.231 e. The molecule has 0 atom stereocenters. The summed E-state index contributed by atoms with van der Waals surface area (Å²) in [5, 5.41) is 3.49. The zero-order chi connectivity index (χ0) is 13.5. The molecule has 0 radical (unpaired) electrons. The Morgan fingerprint density at radius 1 is 1.21 bits per heavy atom. The predicted molar refractivity (Wildman–Crippen MR) is 82.4 cm³/mol. The van der Waals surface area contributed by atoms with Crippen LogP contribution in [0.25, 0.3) is 0 Å². The zero-order valence-electron chi connectivity index (χ0n) is 11.2. The van der Waals surface area contributed by atoms with Gasteiger partial charge in [0, 0.05) is 19.6 Å². The van der Waals surface area contributed by atoms with Gasteiger partial charge in [0.15, 0.2) is 0 Å². The summed E-state index contributed by atoms with van der Waals surface area (Å²) in [4.78, 5) is 14.9. The SMILES string of the molecule is CSCCCCNc1nc(Cl)nc(N2CCCC2)n1. The summed E-state index contributed by atoms with van der Waals surface area (Å²) >= 11 is 7.83. The van der Waals surface area contributed by atoms with Gasteiger partial charge in [-0.05, 0) is 49.3 Å². The van der Waals surface area contributed by atoms with Crippen molar-refractivity contribution >= 4 is 35.3 Å². The summed E-state index contributed by atoms with van der Waals surface area (Å²) < 4.78 is 0. The molecule has 2 heterocycles. The highest BCUT2D eigenvalue weighted by Gasteiger charge is 2.16. The molecule has 0 unspecified atom stereocenters. The fourth-order valence-electron chi connectivity index (χ4n) is 2.05. The molecule has 7 heteroatoms. The van der Waals surface area contributed by atoms with E-state index in [4.69, 9.17) is 11.6 Å². The van der Waals surface area contributed by atoms with Crippen molar-refractivity contribution in [2.75, 3.05) is 41.9 Å². The molecule has 1 fully saturated rings. The number of aromatic nitrogens is 3. The second-order valence-electron chi connectivity index (χ2n) is 4.55. The van der Waals surface area contributed by atoms with E-state index in [1.165, 1.54) is 25.0 Å². The van der Waals surface area contributed by atoms with Gasteiger partial charge in [0.25, 0.3) is 0 Å². The van der Waals surface area contributed by atoms with Crippen LogP contribution in [-0.4, -0.2) is 46.6 Å². The third-order valence-electron chi connectivity index (χ3n) is 3.04. The van der Waals surface area contributed by atoms with Gasteiger partial charge >= 0.3 is 0 Å². The molecule has 1 aliphatic rings. The Morgan fingerprint density at radius 2 is 2.00 bits per heavy atom.